The highest BCUT2D eigenvalue weighted by molar-refractivity contribution is 7.22. The van der Waals surface area contributed by atoms with Gasteiger partial charge in [0.05, 0.1) is 10.2 Å². The SMILES string of the molecule is CCCN(Cc1ccc2nc(N)sc2c1)CC1CC1. The molecule has 0 atom stereocenters. The summed E-state index contributed by atoms with van der Waals surface area (Å²) in [5.41, 5.74) is 8.16. The van der Waals surface area contributed by atoms with Crippen molar-refractivity contribution in [2.75, 3.05) is 18.8 Å². The molecule has 19 heavy (non-hydrogen) atoms. The van der Waals surface area contributed by atoms with E-state index < -0.39 is 0 Å². The van der Waals surface area contributed by atoms with Crippen LogP contribution in [-0.2, 0) is 6.54 Å². The molecule has 4 heteroatoms. The molecule has 1 aliphatic carbocycles. The van der Waals surface area contributed by atoms with Gasteiger partial charge in [-0.05, 0) is 49.4 Å². The van der Waals surface area contributed by atoms with Gasteiger partial charge in [0.25, 0.3) is 0 Å². The van der Waals surface area contributed by atoms with E-state index in [0.29, 0.717) is 5.13 Å². The van der Waals surface area contributed by atoms with E-state index in [1.807, 2.05) is 0 Å². The third-order valence-electron chi connectivity index (χ3n) is 3.63. The highest BCUT2D eigenvalue weighted by Gasteiger charge is 2.23. The Morgan fingerprint density at radius 2 is 2.26 bits per heavy atom. The van der Waals surface area contributed by atoms with Gasteiger partial charge in [-0.1, -0.05) is 24.3 Å². The van der Waals surface area contributed by atoms with Crippen molar-refractivity contribution in [3.05, 3.63) is 23.8 Å². The average Bonchev–Trinajstić information content (AvgIpc) is 3.09. The van der Waals surface area contributed by atoms with Gasteiger partial charge in [0.2, 0.25) is 0 Å². The highest BCUT2D eigenvalue weighted by Crippen LogP contribution is 2.30. The van der Waals surface area contributed by atoms with Crippen molar-refractivity contribution in [3.8, 4) is 0 Å². The van der Waals surface area contributed by atoms with Crippen LogP contribution in [0.4, 0.5) is 5.13 Å². The van der Waals surface area contributed by atoms with E-state index in [-0.39, 0.29) is 0 Å². The van der Waals surface area contributed by atoms with E-state index in [9.17, 15) is 0 Å². The van der Waals surface area contributed by atoms with E-state index in [1.165, 1.54) is 42.6 Å². The Labute approximate surface area is 118 Å². The Kier molecular flexibility index (Phi) is 3.71. The smallest absolute Gasteiger partial charge is 0.181 e. The lowest BCUT2D eigenvalue weighted by Gasteiger charge is -2.21. The van der Waals surface area contributed by atoms with Gasteiger partial charge < -0.3 is 5.73 Å². The third-order valence-corrected chi connectivity index (χ3v) is 4.48. The van der Waals surface area contributed by atoms with E-state index in [0.717, 1.165) is 18.0 Å². The second-order valence-corrected chi connectivity index (χ2v) is 6.59. The molecule has 1 heterocycles. The summed E-state index contributed by atoms with van der Waals surface area (Å²) >= 11 is 1.58. The van der Waals surface area contributed by atoms with Gasteiger partial charge in [0.1, 0.15) is 0 Å². The lowest BCUT2D eigenvalue weighted by atomic mass is 10.2. The minimum Gasteiger partial charge on any atom is -0.375 e. The zero-order valence-corrected chi connectivity index (χ0v) is 12.2. The molecule has 1 aromatic carbocycles. The summed E-state index contributed by atoms with van der Waals surface area (Å²) in [7, 11) is 0. The van der Waals surface area contributed by atoms with E-state index in [4.69, 9.17) is 5.73 Å². The van der Waals surface area contributed by atoms with Gasteiger partial charge >= 0.3 is 0 Å². The minimum atomic E-state index is 0.663. The topological polar surface area (TPSA) is 42.2 Å². The van der Waals surface area contributed by atoms with Crippen LogP contribution in [0.1, 0.15) is 31.7 Å². The maximum atomic E-state index is 5.76. The van der Waals surface area contributed by atoms with Crippen LogP contribution in [0.3, 0.4) is 0 Å². The largest absolute Gasteiger partial charge is 0.375 e. The number of nitrogens with two attached hydrogens (primary N) is 1. The molecule has 0 unspecified atom stereocenters. The van der Waals surface area contributed by atoms with Crippen LogP contribution in [0, 0.1) is 5.92 Å². The van der Waals surface area contributed by atoms with Crippen molar-refractivity contribution in [2.45, 2.75) is 32.7 Å². The first-order chi connectivity index (χ1) is 9.24. The van der Waals surface area contributed by atoms with Crippen molar-refractivity contribution in [2.24, 2.45) is 5.92 Å². The van der Waals surface area contributed by atoms with Gasteiger partial charge in [0, 0.05) is 13.1 Å². The summed E-state index contributed by atoms with van der Waals surface area (Å²) in [6.45, 7) is 5.77. The molecule has 1 aromatic heterocycles. The Hall–Kier alpha value is -1.13. The van der Waals surface area contributed by atoms with Crippen LogP contribution in [0.15, 0.2) is 18.2 Å². The molecule has 0 spiro atoms. The molecule has 0 radical (unpaired) electrons. The number of hydrogen-bond acceptors (Lipinski definition) is 4. The molecular weight excluding hydrogens is 254 g/mol. The maximum Gasteiger partial charge on any atom is 0.181 e. The van der Waals surface area contributed by atoms with Crippen molar-refractivity contribution < 1.29 is 0 Å². The van der Waals surface area contributed by atoms with Crippen LogP contribution in [0.25, 0.3) is 10.2 Å². The monoisotopic (exact) mass is 275 g/mol. The van der Waals surface area contributed by atoms with Gasteiger partial charge in [-0.15, -0.1) is 0 Å². The normalized spacial score (nSPS) is 15.5. The van der Waals surface area contributed by atoms with Crippen molar-refractivity contribution in [3.63, 3.8) is 0 Å². The van der Waals surface area contributed by atoms with Crippen molar-refractivity contribution in [1.29, 1.82) is 0 Å². The molecule has 1 aliphatic rings. The quantitative estimate of drug-likeness (QED) is 0.877. The highest BCUT2D eigenvalue weighted by atomic mass is 32.1. The summed E-state index contributed by atoms with van der Waals surface area (Å²) in [5.74, 6) is 0.953. The number of rotatable bonds is 6. The summed E-state index contributed by atoms with van der Waals surface area (Å²) in [5, 5.41) is 0.663. The van der Waals surface area contributed by atoms with Crippen molar-refractivity contribution >= 4 is 26.7 Å². The molecule has 2 N–H and O–H groups in total. The fraction of sp³-hybridized carbons (Fsp3) is 0.533. The molecule has 0 saturated heterocycles. The predicted molar refractivity (Wildman–Crippen MR) is 82.3 cm³/mol. The number of aromatic nitrogens is 1. The molecule has 1 fully saturated rings. The Bertz CT molecular complexity index is 560. The standard InChI is InChI=1S/C15H21N3S/c1-2-7-18(9-11-3-4-11)10-12-5-6-13-14(8-12)19-15(16)17-13/h5-6,8,11H,2-4,7,9-10H2,1H3,(H2,16,17). The number of benzene rings is 1. The molecule has 2 aromatic rings. The van der Waals surface area contributed by atoms with E-state index in [1.54, 1.807) is 11.3 Å². The van der Waals surface area contributed by atoms with Crippen LogP contribution >= 0.6 is 11.3 Å². The number of nitrogen functional groups attached to an aromatic ring is 1. The molecule has 102 valence electrons. The first-order valence-electron chi connectivity index (χ1n) is 7.12. The van der Waals surface area contributed by atoms with Crippen LogP contribution in [0.2, 0.25) is 0 Å². The molecule has 3 rings (SSSR count). The number of nitrogens with zero attached hydrogens (tertiary/aromatic N) is 2. The lowest BCUT2D eigenvalue weighted by Crippen LogP contribution is -2.26. The zero-order chi connectivity index (χ0) is 13.2. The minimum absolute atomic E-state index is 0.663. The maximum absolute atomic E-state index is 5.76. The lowest BCUT2D eigenvalue weighted by molar-refractivity contribution is 0.255. The third kappa shape index (κ3) is 3.25. The molecule has 3 nitrogen and oxygen atoms in total. The first kappa shape index (κ1) is 12.9. The van der Waals surface area contributed by atoms with Crippen LogP contribution < -0.4 is 5.73 Å². The number of hydrogen-bond donors (Lipinski definition) is 1. The molecule has 0 bridgehead atoms. The van der Waals surface area contributed by atoms with Gasteiger partial charge in [-0.2, -0.15) is 0 Å². The summed E-state index contributed by atoms with van der Waals surface area (Å²) < 4.78 is 1.21. The number of fused-ring (bicyclic) bond motifs is 1. The molecule has 0 amide bonds. The summed E-state index contributed by atoms with van der Waals surface area (Å²) in [6.07, 6.45) is 4.07. The first-order valence-corrected chi connectivity index (χ1v) is 7.93. The second-order valence-electron chi connectivity index (χ2n) is 5.53. The van der Waals surface area contributed by atoms with E-state index >= 15 is 0 Å². The van der Waals surface area contributed by atoms with E-state index in [2.05, 4.69) is 35.0 Å². The number of thiazole rings is 1. The van der Waals surface area contributed by atoms with Crippen LogP contribution in [-0.4, -0.2) is 23.0 Å². The van der Waals surface area contributed by atoms with Crippen LogP contribution in [0.5, 0.6) is 0 Å². The molecule has 1 saturated carbocycles. The van der Waals surface area contributed by atoms with Crippen molar-refractivity contribution in [1.82, 2.24) is 9.88 Å². The molecular formula is C15H21N3S. The summed E-state index contributed by atoms with van der Waals surface area (Å²) in [4.78, 5) is 6.90. The fourth-order valence-corrected chi connectivity index (χ4v) is 3.36. The predicted octanol–water partition coefficient (Wildman–Crippen LogP) is 3.50. The molecule has 0 aliphatic heterocycles. The number of anilines is 1. The Morgan fingerprint density at radius 3 is 3.00 bits per heavy atom. The zero-order valence-electron chi connectivity index (χ0n) is 11.4. The average molecular weight is 275 g/mol. The van der Waals surface area contributed by atoms with Gasteiger partial charge in [-0.25, -0.2) is 4.98 Å². The fourth-order valence-electron chi connectivity index (χ4n) is 2.56. The Morgan fingerprint density at radius 1 is 1.42 bits per heavy atom. The van der Waals surface area contributed by atoms with Gasteiger partial charge in [0.15, 0.2) is 5.13 Å². The second kappa shape index (κ2) is 5.47. The Balaban J connectivity index is 1.73. The summed E-state index contributed by atoms with van der Waals surface area (Å²) in [6, 6.07) is 6.54. The van der Waals surface area contributed by atoms with Gasteiger partial charge in [-0.3, -0.25) is 4.90 Å².